The SMILES string of the molecule is ClCc1ccoc1[I+]c1occc1CCl.Fc1c(F)c(F)c([B-](c2c(F)c(F)c(F)c(F)c2F)(c2c(F)c(F)c(F)c(F)c2F)c2c(F)c(F)c(F)c(F)c2F)c(F)c1F. The zero-order valence-corrected chi connectivity index (χ0v) is 31.5. The Hall–Kier alpha value is -4.59. The smallest absolute Gasteiger partial charge is 0.426 e. The van der Waals surface area contributed by atoms with E-state index in [-0.39, 0.29) is 0 Å². The lowest BCUT2D eigenvalue weighted by atomic mass is 9.12. The Morgan fingerprint density at radius 1 is 0.333 bits per heavy atom. The molecule has 4 aromatic carbocycles. The Bertz CT molecular complexity index is 2260. The Labute approximate surface area is 339 Å². The van der Waals surface area contributed by atoms with Crippen LogP contribution >= 0.6 is 23.2 Å². The van der Waals surface area contributed by atoms with Crippen LogP contribution in [0.1, 0.15) is 11.1 Å². The van der Waals surface area contributed by atoms with Crippen molar-refractivity contribution in [2.75, 3.05) is 0 Å². The van der Waals surface area contributed by atoms with E-state index in [0.29, 0.717) is 11.8 Å². The average Bonchev–Trinajstić information content (AvgIpc) is 3.89. The van der Waals surface area contributed by atoms with Crippen LogP contribution in [0.5, 0.6) is 0 Å². The molecule has 0 aliphatic heterocycles. The topological polar surface area (TPSA) is 26.3 Å². The molecule has 60 heavy (non-hydrogen) atoms. The third-order valence-electron chi connectivity index (χ3n) is 8.55. The van der Waals surface area contributed by atoms with Crippen LogP contribution in [0.25, 0.3) is 0 Å². The van der Waals surface area contributed by atoms with Gasteiger partial charge in [-0.05, 0) is 12.1 Å². The van der Waals surface area contributed by atoms with Crippen LogP contribution in [0.4, 0.5) is 87.8 Å². The standard InChI is InChI=1S/C24BF20.C10H8Cl2IO2/c26-5-1(6(27)14(35)21(42)13(5)34)25(2-7(28)15(36)22(43)16(37)8(2)29,3-9(30)17(38)23(44)18(39)10(3)31)4-11(32)19(40)24(45)20(41)12(4)33;11-5-7-1-3-14-9(7)13-10-8(6-12)2-4-15-10/h;1-4H,5-6H2/q-1;+1. The molecule has 320 valence electrons. The van der Waals surface area contributed by atoms with Gasteiger partial charge in [0.05, 0.1) is 35.4 Å². The third-order valence-corrected chi connectivity index (χ3v) is 12.0. The molecule has 0 aliphatic rings. The van der Waals surface area contributed by atoms with Crippen molar-refractivity contribution >= 4 is 51.2 Å². The molecule has 0 aliphatic carbocycles. The molecule has 0 radical (unpaired) electrons. The molecule has 2 nitrogen and oxygen atoms in total. The molecule has 26 heteroatoms. The minimum absolute atomic E-state index is 0.454. The molecule has 0 fully saturated rings. The normalized spacial score (nSPS) is 11.7. The first-order chi connectivity index (χ1) is 28.0. The van der Waals surface area contributed by atoms with Crippen molar-refractivity contribution in [1.29, 1.82) is 0 Å². The van der Waals surface area contributed by atoms with Crippen molar-refractivity contribution < 1.29 is 118 Å². The van der Waals surface area contributed by atoms with Crippen molar-refractivity contribution in [3.8, 4) is 0 Å². The van der Waals surface area contributed by atoms with Crippen molar-refractivity contribution in [1.82, 2.24) is 0 Å². The minimum Gasteiger partial charge on any atom is -0.426 e. The van der Waals surface area contributed by atoms with Crippen molar-refractivity contribution in [2.24, 2.45) is 0 Å². The maximum absolute atomic E-state index is 15.4. The molecule has 0 saturated heterocycles. The van der Waals surface area contributed by atoms with E-state index in [2.05, 4.69) is 0 Å². The van der Waals surface area contributed by atoms with E-state index in [1.807, 2.05) is 12.1 Å². The first-order valence-corrected chi connectivity index (χ1v) is 18.4. The van der Waals surface area contributed by atoms with E-state index >= 15 is 35.1 Å². The lowest BCUT2D eigenvalue weighted by Crippen LogP contribution is -3.61. The summed E-state index contributed by atoms with van der Waals surface area (Å²) in [4.78, 5) is 0. The predicted octanol–water partition coefficient (Wildman–Crippen LogP) is 6.32. The van der Waals surface area contributed by atoms with Gasteiger partial charge in [-0.15, -0.1) is 45.1 Å². The van der Waals surface area contributed by atoms with Gasteiger partial charge < -0.3 is 8.83 Å². The summed E-state index contributed by atoms with van der Waals surface area (Å²) >= 11 is 11.1. The Kier molecular flexibility index (Phi) is 13.5. The van der Waals surface area contributed by atoms with E-state index in [9.17, 15) is 52.7 Å². The highest BCUT2D eigenvalue weighted by Gasteiger charge is 2.52. The minimum atomic E-state index is -7.22. The molecule has 0 amide bonds. The van der Waals surface area contributed by atoms with Gasteiger partial charge in [0.25, 0.3) is 0 Å². The molecule has 0 saturated carbocycles. The van der Waals surface area contributed by atoms with Gasteiger partial charge in [0.15, 0.2) is 69.8 Å². The van der Waals surface area contributed by atoms with E-state index in [1.165, 1.54) is 0 Å². The molecule has 2 heterocycles. The Morgan fingerprint density at radius 2 is 0.517 bits per heavy atom. The van der Waals surface area contributed by atoms with Gasteiger partial charge in [0, 0.05) is 0 Å². The first kappa shape index (κ1) is 46.5. The zero-order valence-electron chi connectivity index (χ0n) is 27.8. The van der Waals surface area contributed by atoms with Gasteiger partial charge in [-0.25, -0.2) is 87.8 Å². The highest BCUT2D eigenvalue weighted by Crippen LogP contribution is 2.30. The maximum Gasteiger partial charge on any atom is 0.443 e. The molecule has 2 aromatic heterocycles. The van der Waals surface area contributed by atoms with Gasteiger partial charge in [0.1, 0.15) is 52.7 Å². The van der Waals surface area contributed by atoms with Gasteiger partial charge >= 0.3 is 28.7 Å². The van der Waals surface area contributed by atoms with Gasteiger partial charge in [-0.3, -0.25) is 0 Å². The predicted molar refractivity (Wildman–Crippen MR) is 163 cm³/mol. The third kappa shape index (κ3) is 7.13. The fourth-order valence-electron chi connectivity index (χ4n) is 5.95. The molecule has 0 spiro atoms. The molecule has 6 aromatic rings. The zero-order chi connectivity index (χ0) is 45.0. The molecular weight excluding hydrogens is 1030 g/mol. The van der Waals surface area contributed by atoms with Crippen molar-refractivity contribution in [2.45, 2.75) is 11.8 Å². The van der Waals surface area contributed by atoms with Gasteiger partial charge in [0.2, 0.25) is 0 Å². The summed E-state index contributed by atoms with van der Waals surface area (Å²) < 4.78 is 307. The summed E-state index contributed by atoms with van der Waals surface area (Å²) in [5.74, 6) is -70.5. The number of rotatable bonds is 8. The lowest BCUT2D eigenvalue weighted by molar-refractivity contribution is -0.637. The Morgan fingerprint density at radius 3 is 0.700 bits per heavy atom. The number of halogens is 23. The van der Waals surface area contributed by atoms with Crippen LogP contribution in [0.15, 0.2) is 33.5 Å². The number of hydrogen-bond donors (Lipinski definition) is 0. The van der Waals surface area contributed by atoms with Crippen LogP contribution in [-0.4, -0.2) is 6.15 Å². The summed E-state index contributed by atoms with van der Waals surface area (Å²) in [5, 5.41) is 0. The summed E-state index contributed by atoms with van der Waals surface area (Å²) in [6.07, 6.45) is -3.89. The van der Waals surface area contributed by atoms with Gasteiger partial charge in [-0.1, -0.05) is 0 Å². The Balaban J connectivity index is 0.000000379. The largest absolute Gasteiger partial charge is 0.443 e. The lowest BCUT2D eigenvalue weighted by Gasteiger charge is -2.44. The van der Waals surface area contributed by atoms with Crippen LogP contribution in [0, 0.1) is 124 Å². The van der Waals surface area contributed by atoms with E-state index < -0.39 is 166 Å². The van der Waals surface area contributed by atoms with E-state index in [0.717, 1.165) is 18.7 Å². The van der Waals surface area contributed by atoms with E-state index in [4.69, 9.17) is 32.0 Å². The number of furan rings is 2. The van der Waals surface area contributed by atoms with E-state index in [1.54, 1.807) is 12.5 Å². The molecule has 0 bridgehead atoms. The van der Waals surface area contributed by atoms with Crippen LogP contribution in [0.3, 0.4) is 0 Å². The second-order valence-electron chi connectivity index (χ2n) is 11.6. The quantitative estimate of drug-likeness (QED) is 0.0446. The second-order valence-corrected chi connectivity index (χ2v) is 14.6. The molecule has 0 unspecified atom stereocenters. The number of alkyl halides is 2. The summed E-state index contributed by atoms with van der Waals surface area (Å²) in [6, 6.07) is 3.79. The van der Waals surface area contributed by atoms with Crippen LogP contribution in [-0.2, 0) is 11.8 Å². The second kappa shape index (κ2) is 17.4. The fourth-order valence-corrected chi connectivity index (χ4v) is 9.24. The summed E-state index contributed by atoms with van der Waals surface area (Å²) in [6.45, 7) is 0. The van der Waals surface area contributed by atoms with Crippen molar-refractivity contribution in [3.63, 3.8) is 0 Å². The molecule has 6 rings (SSSR count). The first-order valence-electron chi connectivity index (χ1n) is 15.2. The summed E-state index contributed by atoms with van der Waals surface area (Å²) in [5.41, 5.74) is -12.2. The highest BCUT2D eigenvalue weighted by molar-refractivity contribution is 7.20. The number of benzene rings is 4. The molecule has 0 N–H and O–H groups in total. The maximum atomic E-state index is 15.4. The summed E-state index contributed by atoms with van der Waals surface area (Å²) in [7, 11) is 0. The average molecular weight is 1040 g/mol. The highest BCUT2D eigenvalue weighted by atomic mass is 127. The fraction of sp³-hybridized carbons (Fsp3) is 0.0588. The molecular formula is C34H8BCl2F20IO2. The van der Waals surface area contributed by atoms with Crippen LogP contribution < -0.4 is 43.1 Å². The number of hydrogen-bond acceptors (Lipinski definition) is 2. The molecule has 0 atom stereocenters. The monoisotopic (exact) mass is 1040 g/mol. The van der Waals surface area contributed by atoms with Gasteiger partial charge in [-0.2, -0.15) is 0 Å². The van der Waals surface area contributed by atoms with Crippen LogP contribution in [0.2, 0.25) is 0 Å². The van der Waals surface area contributed by atoms with Crippen molar-refractivity contribution in [3.05, 3.63) is 160 Å².